The average molecular weight is 418 g/mol. The van der Waals surface area contributed by atoms with Crippen molar-refractivity contribution in [2.45, 2.75) is 37.3 Å². The Morgan fingerprint density at radius 1 is 1.13 bits per heavy atom. The number of rotatable bonds is 5. The molecule has 1 aliphatic carbocycles. The molecule has 2 aliphatic rings. The Hall–Kier alpha value is -3.17. The maximum Gasteiger partial charge on any atom is 0.253 e. The summed E-state index contributed by atoms with van der Waals surface area (Å²) >= 11 is 0. The first kappa shape index (κ1) is 21.1. The molecule has 0 bridgehead atoms. The number of aliphatic hydroxyl groups is 1. The summed E-state index contributed by atoms with van der Waals surface area (Å²) in [7, 11) is 3.44. The average Bonchev–Trinajstić information content (AvgIpc) is 2.72. The van der Waals surface area contributed by atoms with Crippen molar-refractivity contribution < 1.29 is 14.7 Å². The van der Waals surface area contributed by atoms with Crippen LogP contribution in [0.5, 0.6) is 0 Å². The Bertz CT molecular complexity index is 1020. The highest BCUT2D eigenvalue weighted by atomic mass is 16.3. The number of nitriles is 1. The van der Waals surface area contributed by atoms with Gasteiger partial charge in [-0.1, -0.05) is 42.8 Å². The number of hydrogen-bond acceptors (Lipinski definition) is 4. The van der Waals surface area contributed by atoms with Gasteiger partial charge in [-0.05, 0) is 41.7 Å². The fourth-order valence-electron chi connectivity index (χ4n) is 4.65. The lowest BCUT2D eigenvalue weighted by atomic mass is 9.71. The van der Waals surface area contributed by atoms with E-state index in [1.165, 1.54) is 4.90 Å². The largest absolute Gasteiger partial charge is 0.394 e. The SMILES string of the molecule is CN(C)C(=O)c1ccc(-c2ccccc2[C@H]2[C@@H](C#N)N(C(=O)C3CCC3)[C@@H]2CO)cc1. The first-order valence-electron chi connectivity index (χ1n) is 10.7. The van der Waals surface area contributed by atoms with E-state index in [9.17, 15) is 20.0 Å². The van der Waals surface area contributed by atoms with Gasteiger partial charge in [0, 0.05) is 31.5 Å². The van der Waals surface area contributed by atoms with Gasteiger partial charge in [0.15, 0.2) is 0 Å². The van der Waals surface area contributed by atoms with Crippen LogP contribution in [0.1, 0.15) is 41.1 Å². The predicted octanol–water partition coefficient (Wildman–Crippen LogP) is 3.03. The van der Waals surface area contributed by atoms with Crippen molar-refractivity contribution in [1.82, 2.24) is 9.80 Å². The zero-order valence-corrected chi connectivity index (χ0v) is 17.9. The van der Waals surface area contributed by atoms with Crippen molar-refractivity contribution in [2.75, 3.05) is 20.7 Å². The predicted molar refractivity (Wildman–Crippen MR) is 117 cm³/mol. The molecule has 1 saturated heterocycles. The van der Waals surface area contributed by atoms with Gasteiger partial charge in [0.25, 0.3) is 5.91 Å². The summed E-state index contributed by atoms with van der Waals surface area (Å²) in [5.74, 6) is -0.327. The molecule has 2 aromatic rings. The molecule has 0 unspecified atom stereocenters. The molecule has 1 N–H and O–H groups in total. The summed E-state index contributed by atoms with van der Waals surface area (Å²) in [5.41, 5.74) is 3.43. The number of carbonyl (C=O) groups is 2. The summed E-state index contributed by atoms with van der Waals surface area (Å²) in [6.07, 6.45) is 2.78. The van der Waals surface area contributed by atoms with E-state index in [0.29, 0.717) is 5.56 Å². The highest BCUT2D eigenvalue weighted by Gasteiger charge is 2.53. The number of amides is 2. The smallest absolute Gasteiger partial charge is 0.253 e. The number of benzene rings is 2. The second kappa shape index (κ2) is 8.52. The molecule has 4 rings (SSSR count). The molecule has 3 atom stereocenters. The topological polar surface area (TPSA) is 84.6 Å². The van der Waals surface area contributed by atoms with Crippen molar-refractivity contribution in [1.29, 1.82) is 5.26 Å². The lowest BCUT2D eigenvalue weighted by Gasteiger charge is -2.53. The van der Waals surface area contributed by atoms with Crippen LogP contribution in [0.2, 0.25) is 0 Å². The number of aliphatic hydroxyl groups excluding tert-OH is 1. The fourth-order valence-corrected chi connectivity index (χ4v) is 4.65. The normalized spacial score (nSPS) is 22.8. The third kappa shape index (κ3) is 3.60. The van der Waals surface area contributed by atoms with Gasteiger partial charge in [-0.15, -0.1) is 0 Å². The Balaban J connectivity index is 1.66. The van der Waals surface area contributed by atoms with E-state index in [-0.39, 0.29) is 30.3 Å². The summed E-state index contributed by atoms with van der Waals surface area (Å²) < 4.78 is 0. The van der Waals surface area contributed by atoms with E-state index in [1.54, 1.807) is 31.1 Å². The fraction of sp³-hybridized carbons (Fsp3) is 0.400. The lowest BCUT2D eigenvalue weighted by Crippen LogP contribution is -2.66. The number of nitrogens with zero attached hydrogens (tertiary/aromatic N) is 3. The molecule has 1 aliphatic heterocycles. The van der Waals surface area contributed by atoms with E-state index in [4.69, 9.17) is 0 Å². The summed E-state index contributed by atoms with van der Waals surface area (Å²) in [4.78, 5) is 28.2. The van der Waals surface area contributed by atoms with E-state index in [1.807, 2.05) is 36.4 Å². The molecule has 0 spiro atoms. The second-order valence-corrected chi connectivity index (χ2v) is 8.59. The van der Waals surface area contributed by atoms with Crippen LogP contribution in [0.4, 0.5) is 0 Å². The third-order valence-corrected chi connectivity index (χ3v) is 6.61. The van der Waals surface area contributed by atoms with E-state index >= 15 is 0 Å². The van der Waals surface area contributed by atoms with Gasteiger partial charge in [0.05, 0.1) is 18.7 Å². The maximum atomic E-state index is 12.9. The van der Waals surface area contributed by atoms with Crippen LogP contribution in [0.15, 0.2) is 48.5 Å². The first-order valence-corrected chi connectivity index (χ1v) is 10.7. The molecule has 2 amide bonds. The summed E-state index contributed by atoms with van der Waals surface area (Å²) in [6.45, 7) is -0.175. The molecule has 6 nitrogen and oxygen atoms in total. The van der Waals surface area contributed by atoms with Gasteiger partial charge < -0.3 is 14.9 Å². The zero-order valence-electron chi connectivity index (χ0n) is 17.9. The quantitative estimate of drug-likeness (QED) is 0.810. The molecule has 6 heteroatoms. The molecule has 2 aromatic carbocycles. The zero-order chi connectivity index (χ0) is 22.1. The van der Waals surface area contributed by atoms with Crippen molar-refractivity contribution in [3.63, 3.8) is 0 Å². The molecule has 2 fully saturated rings. The molecule has 1 saturated carbocycles. The Kier molecular flexibility index (Phi) is 5.79. The summed E-state index contributed by atoms with van der Waals surface area (Å²) in [5, 5.41) is 20.0. The van der Waals surface area contributed by atoms with Gasteiger partial charge in [-0.2, -0.15) is 5.26 Å². The molecule has 0 radical (unpaired) electrons. The van der Waals surface area contributed by atoms with Crippen LogP contribution in [0, 0.1) is 17.2 Å². The van der Waals surface area contributed by atoms with Crippen LogP contribution < -0.4 is 0 Å². The van der Waals surface area contributed by atoms with E-state index in [0.717, 1.165) is 36.0 Å². The lowest BCUT2D eigenvalue weighted by molar-refractivity contribution is -0.154. The van der Waals surface area contributed by atoms with E-state index in [2.05, 4.69) is 6.07 Å². The van der Waals surface area contributed by atoms with Crippen molar-refractivity contribution >= 4 is 11.8 Å². The monoisotopic (exact) mass is 417 g/mol. The van der Waals surface area contributed by atoms with Gasteiger partial charge in [0.2, 0.25) is 5.91 Å². The second-order valence-electron chi connectivity index (χ2n) is 8.59. The van der Waals surface area contributed by atoms with Crippen molar-refractivity contribution in [2.24, 2.45) is 5.92 Å². The first-order chi connectivity index (χ1) is 15.0. The summed E-state index contributed by atoms with van der Waals surface area (Å²) in [6, 6.07) is 16.5. The Morgan fingerprint density at radius 2 is 1.81 bits per heavy atom. The number of hydrogen-bond donors (Lipinski definition) is 1. The number of carbonyl (C=O) groups excluding carboxylic acids is 2. The molecular formula is C25H27N3O3. The van der Waals surface area contributed by atoms with Crippen LogP contribution in [-0.4, -0.2) is 59.5 Å². The molecule has 1 heterocycles. The van der Waals surface area contributed by atoms with Gasteiger partial charge in [-0.3, -0.25) is 9.59 Å². The third-order valence-electron chi connectivity index (χ3n) is 6.61. The molecule has 160 valence electrons. The minimum atomic E-state index is -0.582. The highest BCUT2D eigenvalue weighted by Crippen LogP contribution is 2.46. The van der Waals surface area contributed by atoms with Crippen LogP contribution >= 0.6 is 0 Å². The minimum Gasteiger partial charge on any atom is -0.394 e. The van der Waals surface area contributed by atoms with Crippen molar-refractivity contribution in [3.05, 3.63) is 59.7 Å². The Morgan fingerprint density at radius 3 is 2.35 bits per heavy atom. The standard InChI is InChI=1S/C25H27N3O3/c1-27(2)24(30)18-12-10-16(11-13-18)19-8-3-4-9-20(19)23-21(14-26)28(22(23)15-29)25(31)17-6-5-7-17/h3-4,8-13,17,21-23,29H,5-7,15H2,1-2H3/t21-,22-,23+/m1/s1. The van der Waals surface area contributed by atoms with Crippen LogP contribution in [-0.2, 0) is 4.79 Å². The van der Waals surface area contributed by atoms with E-state index < -0.39 is 12.1 Å². The molecular weight excluding hydrogens is 390 g/mol. The maximum absolute atomic E-state index is 12.9. The van der Waals surface area contributed by atoms with Gasteiger partial charge in [0.1, 0.15) is 6.04 Å². The van der Waals surface area contributed by atoms with Crippen LogP contribution in [0.25, 0.3) is 11.1 Å². The van der Waals surface area contributed by atoms with Crippen LogP contribution in [0.3, 0.4) is 0 Å². The highest BCUT2D eigenvalue weighted by molar-refractivity contribution is 5.94. The van der Waals surface area contributed by atoms with Gasteiger partial charge in [-0.25, -0.2) is 0 Å². The van der Waals surface area contributed by atoms with Crippen molar-refractivity contribution in [3.8, 4) is 17.2 Å². The number of likely N-dealkylation sites (tertiary alicyclic amines) is 1. The molecule has 0 aromatic heterocycles. The molecule has 31 heavy (non-hydrogen) atoms. The minimum absolute atomic E-state index is 0.00266. The van der Waals surface area contributed by atoms with Gasteiger partial charge >= 0.3 is 0 Å². The Labute approximate surface area is 182 Å².